The molecule has 3 aromatic rings. The third-order valence-electron chi connectivity index (χ3n) is 5.02. The summed E-state index contributed by atoms with van der Waals surface area (Å²) in [6.45, 7) is 0.927. The minimum atomic E-state index is -0.228. The molecule has 0 N–H and O–H groups in total. The van der Waals surface area contributed by atoms with Crippen LogP contribution in [0.15, 0.2) is 42.5 Å². The Morgan fingerprint density at radius 3 is 2.68 bits per heavy atom. The fraction of sp³-hybridized carbons (Fsp3) is 0.333. The number of halogens is 1. The van der Waals surface area contributed by atoms with Crippen molar-refractivity contribution in [3.05, 3.63) is 64.4 Å². The van der Waals surface area contributed by atoms with Gasteiger partial charge in [-0.1, -0.05) is 23.5 Å². The quantitative estimate of drug-likeness (QED) is 0.605. The van der Waals surface area contributed by atoms with Crippen LogP contribution in [0.5, 0.6) is 11.5 Å². The molecule has 0 spiro atoms. The van der Waals surface area contributed by atoms with Crippen molar-refractivity contribution in [3.8, 4) is 11.5 Å². The lowest BCUT2D eigenvalue weighted by Gasteiger charge is -2.25. The van der Waals surface area contributed by atoms with Gasteiger partial charge in [-0.3, -0.25) is 0 Å². The molecular weight excluding hydrogens is 377 g/mol. The molecule has 2 heterocycles. The van der Waals surface area contributed by atoms with Crippen molar-refractivity contribution in [2.75, 3.05) is 25.7 Å². The number of hydrogen-bond donors (Lipinski definition) is 0. The van der Waals surface area contributed by atoms with E-state index in [-0.39, 0.29) is 11.9 Å². The number of rotatable bonds is 6. The number of benzene rings is 2. The Morgan fingerprint density at radius 2 is 1.93 bits per heavy atom. The van der Waals surface area contributed by atoms with Gasteiger partial charge in [0.15, 0.2) is 0 Å². The minimum absolute atomic E-state index is 0.177. The molecule has 1 aliphatic heterocycles. The molecule has 0 radical (unpaired) electrons. The van der Waals surface area contributed by atoms with Crippen LogP contribution in [0.1, 0.15) is 35.0 Å². The average molecular weight is 399 g/mol. The number of aromatic nitrogens is 2. The van der Waals surface area contributed by atoms with Gasteiger partial charge in [0, 0.05) is 18.5 Å². The number of ether oxygens (including phenoxy) is 2. The van der Waals surface area contributed by atoms with E-state index >= 15 is 0 Å². The largest absolute Gasteiger partial charge is 0.497 e. The van der Waals surface area contributed by atoms with Gasteiger partial charge in [-0.05, 0) is 48.7 Å². The van der Waals surface area contributed by atoms with E-state index in [4.69, 9.17) is 9.47 Å². The average Bonchev–Trinajstić information content (AvgIpc) is 3.38. The zero-order valence-electron chi connectivity index (χ0n) is 15.9. The fourth-order valence-electron chi connectivity index (χ4n) is 3.63. The molecule has 4 rings (SSSR count). The van der Waals surface area contributed by atoms with Crippen molar-refractivity contribution in [3.63, 3.8) is 0 Å². The third-order valence-corrected chi connectivity index (χ3v) is 5.98. The minimum Gasteiger partial charge on any atom is -0.497 e. The molecule has 2 aromatic carbocycles. The van der Waals surface area contributed by atoms with E-state index in [1.165, 1.54) is 12.1 Å². The Bertz CT molecular complexity index is 945. The summed E-state index contributed by atoms with van der Waals surface area (Å²) in [5.74, 6) is 1.44. The Morgan fingerprint density at radius 1 is 1.11 bits per heavy atom. The standard InChI is InChI=1S/C21H22FN3O2S/c1-26-16-9-10-19(27-2)17(13-16)18-4-3-11-25(18)21-24-23-20(28-21)12-14-5-7-15(22)8-6-14/h5-10,13,18H,3-4,11-12H2,1-2H3. The maximum Gasteiger partial charge on any atom is 0.208 e. The Hall–Kier alpha value is -2.67. The maximum absolute atomic E-state index is 13.1. The Balaban J connectivity index is 1.57. The number of hydrogen-bond acceptors (Lipinski definition) is 6. The van der Waals surface area contributed by atoms with E-state index in [9.17, 15) is 4.39 Å². The SMILES string of the molecule is COc1ccc(OC)c(C2CCCN2c2nnc(Cc3ccc(F)cc3)s2)c1. The summed E-state index contributed by atoms with van der Waals surface area (Å²) in [5.41, 5.74) is 2.13. The summed E-state index contributed by atoms with van der Waals surface area (Å²) in [6.07, 6.45) is 2.76. The van der Waals surface area contributed by atoms with Gasteiger partial charge >= 0.3 is 0 Å². The van der Waals surface area contributed by atoms with Crippen LogP contribution in [-0.2, 0) is 6.42 Å². The van der Waals surface area contributed by atoms with Crippen molar-refractivity contribution in [1.29, 1.82) is 0 Å². The molecule has 28 heavy (non-hydrogen) atoms. The fourth-order valence-corrected chi connectivity index (χ4v) is 4.58. The molecule has 1 atom stereocenters. The van der Waals surface area contributed by atoms with Gasteiger partial charge in [-0.25, -0.2) is 4.39 Å². The predicted molar refractivity (Wildman–Crippen MR) is 108 cm³/mol. The monoisotopic (exact) mass is 399 g/mol. The summed E-state index contributed by atoms with van der Waals surface area (Å²) < 4.78 is 24.1. The van der Waals surface area contributed by atoms with Crippen LogP contribution < -0.4 is 14.4 Å². The highest BCUT2D eigenvalue weighted by molar-refractivity contribution is 7.15. The molecule has 0 amide bonds. The maximum atomic E-state index is 13.1. The first-order chi connectivity index (χ1) is 13.7. The number of anilines is 1. The lowest BCUT2D eigenvalue weighted by Crippen LogP contribution is -2.22. The van der Waals surface area contributed by atoms with Gasteiger partial charge in [0.05, 0.1) is 20.3 Å². The van der Waals surface area contributed by atoms with Gasteiger partial charge in [0.1, 0.15) is 22.3 Å². The zero-order valence-corrected chi connectivity index (χ0v) is 16.7. The van der Waals surface area contributed by atoms with Gasteiger partial charge in [0.25, 0.3) is 0 Å². The molecule has 1 aliphatic rings. The van der Waals surface area contributed by atoms with Crippen LogP contribution in [0.2, 0.25) is 0 Å². The van der Waals surface area contributed by atoms with E-state index in [0.29, 0.717) is 6.42 Å². The highest BCUT2D eigenvalue weighted by Gasteiger charge is 2.31. The molecule has 1 fully saturated rings. The van der Waals surface area contributed by atoms with Crippen LogP contribution in [0.25, 0.3) is 0 Å². The van der Waals surface area contributed by atoms with Gasteiger partial charge in [-0.15, -0.1) is 10.2 Å². The van der Waals surface area contributed by atoms with Gasteiger partial charge in [-0.2, -0.15) is 0 Å². The summed E-state index contributed by atoms with van der Waals surface area (Å²) in [4.78, 5) is 2.29. The predicted octanol–water partition coefficient (Wildman–Crippen LogP) is 4.63. The van der Waals surface area contributed by atoms with Crippen molar-refractivity contribution in [2.24, 2.45) is 0 Å². The van der Waals surface area contributed by atoms with Gasteiger partial charge in [0.2, 0.25) is 5.13 Å². The lowest BCUT2D eigenvalue weighted by atomic mass is 10.0. The van der Waals surface area contributed by atoms with E-state index < -0.39 is 0 Å². The van der Waals surface area contributed by atoms with Crippen LogP contribution in [-0.4, -0.2) is 31.0 Å². The second-order valence-electron chi connectivity index (χ2n) is 6.74. The first kappa shape index (κ1) is 18.7. The summed E-state index contributed by atoms with van der Waals surface area (Å²) in [7, 11) is 3.36. The highest BCUT2D eigenvalue weighted by atomic mass is 32.1. The third kappa shape index (κ3) is 3.80. The molecule has 0 aliphatic carbocycles. The van der Waals surface area contributed by atoms with Crippen molar-refractivity contribution in [1.82, 2.24) is 10.2 Å². The van der Waals surface area contributed by atoms with Crippen LogP contribution in [0.4, 0.5) is 9.52 Å². The number of nitrogens with zero attached hydrogens (tertiary/aromatic N) is 3. The molecule has 0 bridgehead atoms. The van der Waals surface area contributed by atoms with E-state index in [1.54, 1.807) is 37.7 Å². The van der Waals surface area contributed by atoms with E-state index in [2.05, 4.69) is 15.1 Å². The van der Waals surface area contributed by atoms with Crippen LogP contribution in [0.3, 0.4) is 0 Å². The second-order valence-corrected chi connectivity index (χ2v) is 7.78. The zero-order chi connectivity index (χ0) is 19.5. The molecule has 7 heteroatoms. The molecule has 146 valence electrons. The normalized spacial score (nSPS) is 16.4. The molecular formula is C21H22FN3O2S. The molecule has 1 aromatic heterocycles. The van der Waals surface area contributed by atoms with Crippen LogP contribution in [0, 0.1) is 5.82 Å². The smallest absolute Gasteiger partial charge is 0.208 e. The molecule has 1 unspecified atom stereocenters. The first-order valence-corrected chi connectivity index (χ1v) is 10.0. The lowest BCUT2D eigenvalue weighted by molar-refractivity contribution is 0.395. The molecule has 5 nitrogen and oxygen atoms in total. The van der Waals surface area contributed by atoms with Gasteiger partial charge < -0.3 is 14.4 Å². The first-order valence-electron chi connectivity index (χ1n) is 9.23. The van der Waals surface area contributed by atoms with Crippen molar-refractivity contribution < 1.29 is 13.9 Å². The topological polar surface area (TPSA) is 47.5 Å². The van der Waals surface area contributed by atoms with Crippen LogP contribution >= 0.6 is 11.3 Å². The summed E-state index contributed by atoms with van der Waals surface area (Å²) >= 11 is 1.59. The highest BCUT2D eigenvalue weighted by Crippen LogP contribution is 2.42. The summed E-state index contributed by atoms with van der Waals surface area (Å²) in [6, 6.07) is 12.6. The Labute approximate surface area is 167 Å². The van der Waals surface area contributed by atoms with Crippen molar-refractivity contribution >= 4 is 16.5 Å². The van der Waals surface area contributed by atoms with Crippen molar-refractivity contribution in [2.45, 2.75) is 25.3 Å². The molecule has 1 saturated heterocycles. The summed E-state index contributed by atoms with van der Waals surface area (Å²) in [5, 5.41) is 10.6. The molecule has 0 saturated carbocycles. The van der Waals surface area contributed by atoms with E-state index in [1.807, 2.05) is 18.2 Å². The Kier molecular flexibility index (Phi) is 5.43. The number of methoxy groups -OCH3 is 2. The second kappa shape index (κ2) is 8.14. The van der Waals surface area contributed by atoms with E-state index in [0.717, 1.165) is 52.2 Å².